The van der Waals surface area contributed by atoms with Crippen molar-refractivity contribution in [1.29, 1.82) is 0 Å². The molecule has 0 N–H and O–H groups in total. The molecule has 0 aromatic heterocycles. The normalized spacial score (nSPS) is 14.3. The summed E-state index contributed by atoms with van der Waals surface area (Å²) in [5.74, 6) is 0. The van der Waals surface area contributed by atoms with E-state index >= 15 is 0 Å². The fourth-order valence-electron chi connectivity index (χ4n) is 2.48. The van der Waals surface area contributed by atoms with E-state index in [0.29, 0.717) is 11.1 Å². The van der Waals surface area contributed by atoms with E-state index in [-0.39, 0.29) is 9.79 Å². The molecule has 2 rings (SSSR count). The Hall–Kier alpha value is -1.37. The van der Waals surface area contributed by atoms with Crippen molar-refractivity contribution in [3.05, 3.63) is 58.7 Å². The Morgan fingerprint density at radius 1 is 0.826 bits per heavy atom. The molecule has 0 radical (unpaired) electrons. The van der Waals surface area contributed by atoms with Crippen LogP contribution < -0.4 is 0 Å². The van der Waals surface area contributed by atoms with E-state index in [9.17, 15) is 12.6 Å². The molecule has 0 spiro atoms. The maximum Gasteiger partial charge on any atom is 0.291 e. The molecule has 1 unspecified atom stereocenters. The quantitative estimate of drug-likeness (QED) is 0.756. The maximum absolute atomic E-state index is 12.8. The van der Waals surface area contributed by atoms with Gasteiger partial charge in [0.2, 0.25) is 0 Å². The van der Waals surface area contributed by atoms with Gasteiger partial charge in [-0.3, -0.25) is 0 Å². The molecule has 0 aliphatic rings. The average molecular weight is 372 g/mol. The van der Waals surface area contributed by atoms with Crippen molar-refractivity contribution < 1.29 is 12.6 Å². The Morgan fingerprint density at radius 2 is 1.30 bits per heavy atom. The van der Waals surface area contributed by atoms with Crippen LogP contribution in [-0.4, -0.2) is 12.6 Å². The van der Waals surface area contributed by atoms with Crippen LogP contribution in [0.1, 0.15) is 22.3 Å². The molecule has 0 amide bonds. The molecule has 124 valence electrons. The first kappa shape index (κ1) is 18.0. The molecular formula is C16H18ClNO3S2. The van der Waals surface area contributed by atoms with Crippen LogP contribution in [0.25, 0.3) is 0 Å². The lowest BCUT2D eigenvalue weighted by molar-refractivity contribution is 0.598. The summed E-state index contributed by atoms with van der Waals surface area (Å²) in [4.78, 5) is 0.236. The lowest BCUT2D eigenvalue weighted by Gasteiger charge is -2.11. The third kappa shape index (κ3) is 3.94. The Kier molecular flexibility index (Phi) is 4.89. The number of sulfonamides is 1. The van der Waals surface area contributed by atoms with E-state index < -0.39 is 19.0 Å². The molecule has 2 aromatic carbocycles. The Bertz CT molecular complexity index is 948. The molecule has 0 aliphatic heterocycles. The van der Waals surface area contributed by atoms with Gasteiger partial charge in [0, 0.05) is 10.7 Å². The molecular weight excluding hydrogens is 354 g/mol. The van der Waals surface area contributed by atoms with Crippen molar-refractivity contribution in [2.45, 2.75) is 37.5 Å². The van der Waals surface area contributed by atoms with Gasteiger partial charge in [0.15, 0.2) is 8.94 Å². The van der Waals surface area contributed by atoms with Crippen LogP contribution in [0.15, 0.2) is 50.0 Å². The van der Waals surface area contributed by atoms with Crippen LogP contribution in [0.2, 0.25) is 0 Å². The maximum atomic E-state index is 12.8. The van der Waals surface area contributed by atoms with Crippen molar-refractivity contribution in [3.63, 3.8) is 0 Å². The van der Waals surface area contributed by atoms with Gasteiger partial charge in [0.25, 0.3) is 10.0 Å². The van der Waals surface area contributed by atoms with Crippen LogP contribution in [0.4, 0.5) is 0 Å². The summed E-state index contributed by atoms with van der Waals surface area (Å²) in [5, 5.41) is 0. The minimum absolute atomic E-state index is 0.0288. The fourth-order valence-corrected chi connectivity index (χ4v) is 6.92. The average Bonchev–Trinajstić information content (AvgIpc) is 2.35. The third-order valence-corrected chi connectivity index (χ3v) is 7.91. The van der Waals surface area contributed by atoms with Crippen molar-refractivity contribution in [3.8, 4) is 0 Å². The van der Waals surface area contributed by atoms with Gasteiger partial charge in [-0.2, -0.15) is 8.42 Å². The topological polar surface area (TPSA) is 63.6 Å². The van der Waals surface area contributed by atoms with Crippen LogP contribution in [0, 0.1) is 27.7 Å². The van der Waals surface area contributed by atoms with Gasteiger partial charge < -0.3 is 0 Å². The molecule has 0 saturated carbocycles. The molecule has 0 bridgehead atoms. The molecule has 0 heterocycles. The highest BCUT2D eigenvalue weighted by atomic mass is 35.7. The third-order valence-electron chi connectivity index (χ3n) is 3.37. The first-order chi connectivity index (χ1) is 10.5. The Balaban J connectivity index is 2.66. The van der Waals surface area contributed by atoms with Gasteiger partial charge in [-0.1, -0.05) is 39.2 Å². The summed E-state index contributed by atoms with van der Waals surface area (Å²) in [5.41, 5.74) is 3.22. The molecule has 1 atom stereocenters. The van der Waals surface area contributed by atoms with E-state index in [1.165, 1.54) is 12.1 Å². The first-order valence-electron chi connectivity index (χ1n) is 6.90. The molecule has 2 aromatic rings. The van der Waals surface area contributed by atoms with Gasteiger partial charge in [-0.15, -0.1) is 0 Å². The van der Waals surface area contributed by atoms with E-state index in [1.54, 1.807) is 38.1 Å². The van der Waals surface area contributed by atoms with Crippen molar-refractivity contribution in [2.75, 3.05) is 0 Å². The van der Waals surface area contributed by atoms with E-state index in [4.69, 9.17) is 10.7 Å². The smallest absolute Gasteiger partial charge is 0.227 e. The summed E-state index contributed by atoms with van der Waals surface area (Å²) in [6.45, 7) is 7.23. The second kappa shape index (κ2) is 6.26. The Morgan fingerprint density at radius 3 is 1.78 bits per heavy atom. The van der Waals surface area contributed by atoms with Gasteiger partial charge in [0.05, 0.1) is 9.79 Å². The zero-order valence-corrected chi connectivity index (χ0v) is 15.7. The van der Waals surface area contributed by atoms with Gasteiger partial charge in [0.1, 0.15) is 0 Å². The molecule has 0 fully saturated rings. The van der Waals surface area contributed by atoms with Crippen LogP contribution >= 0.6 is 10.7 Å². The molecule has 0 saturated heterocycles. The van der Waals surface area contributed by atoms with Gasteiger partial charge in [-0.25, -0.2) is 4.21 Å². The zero-order valence-electron chi connectivity index (χ0n) is 13.3. The summed E-state index contributed by atoms with van der Waals surface area (Å²) in [7, 11) is -1.63. The number of aryl methyl sites for hydroxylation is 4. The van der Waals surface area contributed by atoms with Gasteiger partial charge >= 0.3 is 0 Å². The molecule has 4 nitrogen and oxygen atoms in total. The Labute approximate surface area is 142 Å². The lowest BCUT2D eigenvalue weighted by atomic mass is 10.1. The van der Waals surface area contributed by atoms with Gasteiger partial charge in [-0.05, 0) is 51.0 Å². The number of hydrogen-bond acceptors (Lipinski definition) is 3. The molecule has 0 aliphatic carbocycles. The number of hydrogen-bond donors (Lipinski definition) is 0. The van der Waals surface area contributed by atoms with E-state index in [0.717, 1.165) is 11.1 Å². The van der Waals surface area contributed by atoms with E-state index in [1.807, 2.05) is 13.8 Å². The highest BCUT2D eigenvalue weighted by molar-refractivity contribution is 8.19. The number of nitrogens with zero attached hydrogens (tertiary/aromatic N) is 1. The molecule has 23 heavy (non-hydrogen) atoms. The minimum Gasteiger partial charge on any atom is -0.227 e. The number of halogens is 1. The highest BCUT2D eigenvalue weighted by Gasteiger charge is 2.22. The largest absolute Gasteiger partial charge is 0.291 e. The minimum atomic E-state index is -4.11. The predicted molar refractivity (Wildman–Crippen MR) is 93.7 cm³/mol. The van der Waals surface area contributed by atoms with Crippen LogP contribution in [-0.2, 0) is 19.0 Å². The number of benzene rings is 2. The van der Waals surface area contributed by atoms with Crippen molar-refractivity contribution >= 4 is 29.6 Å². The van der Waals surface area contributed by atoms with E-state index in [2.05, 4.69) is 3.77 Å². The predicted octanol–water partition coefficient (Wildman–Crippen LogP) is 4.29. The van der Waals surface area contributed by atoms with Crippen LogP contribution in [0.5, 0.6) is 0 Å². The zero-order chi connectivity index (χ0) is 17.4. The van der Waals surface area contributed by atoms with Crippen molar-refractivity contribution in [1.82, 2.24) is 0 Å². The second-order valence-electron chi connectivity index (χ2n) is 5.55. The SMILES string of the molecule is Cc1ccc(S(=O)(=O)N=S(=O)(Cl)c2c(C)cc(C)cc2C)cc1. The highest BCUT2D eigenvalue weighted by Crippen LogP contribution is 2.29. The van der Waals surface area contributed by atoms with Crippen LogP contribution in [0.3, 0.4) is 0 Å². The lowest BCUT2D eigenvalue weighted by Crippen LogP contribution is -2.04. The monoisotopic (exact) mass is 371 g/mol. The fraction of sp³-hybridized carbons (Fsp3) is 0.250. The number of rotatable bonds is 3. The summed E-state index contributed by atoms with van der Waals surface area (Å²) in [6, 6.07) is 9.77. The second-order valence-corrected chi connectivity index (χ2v) is 10.1. The van der Waals surface area contributed by atoms with Crippen molar-refractivity contribution in [2.24, 2.45) is 3.77 Å². The molecule has 7 heteroatoms. The summed E-state index contributed by atoms with van der Waals surface area (Å²) in [6.07, 6.45) is 0. The standard InChI is InChI=1S/C16H18ClNO3S2/c1-11-5-7-15(8-6-11)23(20,21)18-22(17,19)16-13(3)9-12(2)10-14(16)4/h5-10H,1-4H3. The summed E-state index contributed by atoms with van der Waals surface area (Å²) >= 11 is 0. The first-order valence-corrected chi connectivity index (χ1v) is 10.7. The summed E-state index contributed by atoms with van der Waals surface area (Å²) < 4.78 is 41.1.